The molecule has 0 aliphatic heterocycles. The van der Waals surface area contributed by atoms with Gasteiger partial charge in [-0.05, 0) is 12.1 Å². The van der Waals surface area contributed by atoms with Crippen molar-refractivity contribution in [2.75, 3.05) is 0 Å². The number of hydrogen-bond donors (Lipinski definition) is 1. The van der Waals surface area contributed by atoms with Crippen LogP contribution in [-0.4, -0.2) is 5.91 Å². The van der Waals surface area contributed by atoms with Crippen molar-refractivity contribution < 1.29 is 82.5 Å². The van der Waals surface area contributed by atoms with Gasteiger partial charge >= 0.3 is 5.91 Å². The van der Waals surface area contributed by atoms with Gasteiger partial charge in [0.2, 0.25) is 0 Å². The van der Waals surface area contributed by atoms with Crippen molar-refractivity contribution >= 4 is 5.91 Å². The monoisotopic (exact) mass is 503 g/mol. The summed E-state index contributed by atoms with van der Waals surface area (Å²) >= 11 is 0. The van der Waals surface area contributed by atoms with E-state index in [0.717, 1.165) is 0 Å². The van der Waals surface area contributed by atoms with E-state index in [1.807, 2.05) is 18.2 Å². The van der Waals surface area contributed by atoms with E-state index < -0.39 is 0 Å². The van der Waals surface area contributed by atoms with E-state index in [1.54, 1.807) is 12.1 Å². The second-order valence-electron chi connectivity index (χ2n) is 1.79. The lowest BCUT2D eigenvalue weighted by molar-refractivity contribution is -0.255. The maximum Gasteiger partial charge on any atom is 0.340 e. The third kappa shape index (κ3) is 6.54. The number of carbonyl (C=O) groups excluding carboxylic acids is 1. The van der Waals surface area contributed by atoms with Crippen molar-refractivity contribution in [3.8, 4) is 0 Å². The highest BCUT2D eigenvalue weighted by Gasteiger charge is 1.98. The topological polar surface area (TPSA) is 44.7 Å². The van der Waals surface area contributed by atoms with Gasteiger partial charge in [0.1, 0.15) is 0 Å². The highest BCUT2D eigenvalue weighted by atomic mass is 127. The molecule has 0 atom stereocenters. The fourth-order valence-electron chi connectivity index (χ4n) is 0.624. The minimum atomic E-state index is -0.129. The molecule has 0 aliphatic carbocycles. The average Bonchev–Trinajstić information content (AvgIpc) is 1.90. The van der Waals surface area contributed by atoms with Crippen LogP contribution in [0.3, 0.4) is 0 Å². The normalized spacial score (nSPS) is 6.75. The van der Waals surface area contributed by atoms with Crippen molar-refractivity contribution in [3.63, 3.8) is 0 Å². The summed E-state index contributed by atoms with van der Waals surface area (Å²) in [6.45, 7) is 0. The highest BCUT2D eigenvalue weighted by molar-refractivity contribution is 5.85. The Labute approximate surface area is 123 Å². The minimum Gasteiger partial charge on any atom is -1.00 e. The summed E-state index contributed by atoms with van der Waals surface area (Å²) < 4.78 is 0. The molecule has 1 aromatic carbocycles. The molecule has 0 aromatic heterocycles. The Bertz CT molecular complexity index is 215. The zero-order chi connectivity index (χ0) is 6.69. The predicted octanol–water partition coefficient (Wildman–Crippen LogP) is -8.92. The molecule has 0 saturated heterocycles. The number of halogens is 3. The molecule has 0 fully saturated rings. The molecule has 1 amide bonds. The maximum absolute atomic E-state index is 10.5. The SMILES string of the molecule is [I-].[I-].[I-].[NH3+]C(=O)c1ccccc1. The molecule has 0 saturated carbocycles. The van der Waals surface area contributed by atoms with Crippen molar-refractivity contribution in [2.45, 2.75) is 0 Å². The molecule has 0 bridgehead atoms. The molecule has 0 unspecified atom stereocenters. The molecule has 2 nitrogen and oxygen atoms in total. The van der Waals surface area contributed by atoms with E-state index >= 15 is 0 Å². The molecule has 0 radical (unpaired) electrons. The number of hydrogen-bond acceptors (Lipinski definition) is 1. The van der Waals surface area contributed by atoms with E-state index in [-0.39, 0.29) is 77.8 Å². The lowest BCUT2D eigenvalue weighted by Gasteiger charge is -1.85. The lowest BCUT2D eigenvalue weighted by atomic mass is 10.2. The molecular weight excluding hydrogens is 495 g/mol. The van der Waals surface area contributed by atoms with E-state index in [9.17, 15) is 4.79 Å². The molecule has 0 heterocycles. The number of quaternary nitrogens is 1. The van der Waals surface area contributed by atoms with Crippen molar-refractivity contribution in [3.05, 3.63) is 35.9 Å². The summed E-state index contributed by atoms with van der Waals surface area (Å²) in [6.07, 6.45) is 0. The Balaban J connectivity index is -0.000000270. The van der Waals surface area contributed by atoms with Crippen LogP contribution in [0.2, 0.25) is 0 Å². The largest absolute Gasteiger partial charge is 1.00 e. The van der Waals surface area contributed by atoms with Crippen LogP contribution in [0.15, 0.2) is 30.3 Å². The van der Waals surface area contributed by atoms with Crippen LogP contribution in [0.25, 0.3) is 0 Å². The lowest BCUT2D eigenvalue weighted by Crippen LogP contribution is -3.00. The van der Waals surface area contributed by atoms with Gasteiger partial charge in [-0.1, -0.05) is 18.2 Å². The van der Waals surface area contributed by atoms with Gasteiger partial charge in [0.05, 0.1) is 5.56 Å². The van der Waals surface area contributed by atoms with Crippen molar-refractivity contribution in [2.24, 2.45) is 0 Å². The Kier molecular flexibility index (Phi) is 15.8. The van der Waals surface area contributed by atoms with Gasteiger partial charge in [-0.25, -0.2) is 4.79 Å². The molecule has 70 valence electrons. The fraction of sp³-hybridized carbons (Fsp3) is 0. The van der Waals surface area contributed by atoms with Crippen LogP contribution in [0.5, 0.6) is 0 Å². The van der Waals surface area contributed by atoms with Gasteiger partial charge in [0, 0.05) is 0 Å². The van der Waals surface area contributed by atoms with Gasteiger partial charge < -0.3 is 71.9 Å². The first-order valence-electron chi connectivity index (χ1n) is 2.72. The summed E-state index contributed by atoms with van der Waals surface area (Å²) in [5.41, 5.74) is 3.93. The summed E-state index contributed by atoms with van der Waals surface area (Å²) in [4.78, 5) is 10.5. The van der Waals surface area contributed by atoms with Gasteiger partial charge in [0.25, 0.3) is 0 Å². The standard InChI is InChI=1S/C7H7NO.3HI/c8-7(9)6-4-2-1-3-5-6;;;/h1-5H,(H2,8,9);3*1H/p-2. The Hall–Kier alpha value is 1.04. The van der Waals surface area contributed by atoms with Crippen molar-refractivity contribution in [1.29, 1.82) is 0 Å². The summed E-state index contributed by atoms with van der Waals surface area (Å²) in [7, 11) is 0. The van der Waals surface area contributed by atoms with Crippen LogP contribution < -0.4 is 77.7 Å². The third-order valence-electron chi connectivity index (χ3n) is 1.10. The van der Waals surface area contributed by atoms with Crippen LogP contribution in [0.1, 0.15) is 10.4 Å². The smallest absolute Gasteiger partial charge is 0.340 e. The Morgan fingerprint density at radius 3 is 1.67 bits per heavy atom. The van der Waals surface area contributed by atoms with E-state index in [2.05, 4.69) is 5.73 Å². The third-order valence-corrected chi connectivity index (χ3v) is 1.10. The van der Waals surface area contributed by atoms with E-state index in [1.165, 1.54) is 0 Å². The summed E-state index contributed by atoms with van der Waals surface area (Å²) in [6, 6.07) is 8.99. The first-order valence-corrected chi connectivity index (χ1v) is 2.72. The first-order chi connectivity index (χ1) is 4.30. The zero-order valence-electron chi connectivity index (χ0n) is 6.14. The quantitative estimate of drug-likeness (QED) is 0.381. The van der Waals surface area contributed by atoms with E-state index in [4.69, 9.17) is 0 Å². The Morgan fingerprint density at radius 1 is 1.00 bits per heavy atom. The van der Waals surface area contributed by atoms with Crippen LogP contribution in [0, 0.1) is 0 Å². The second-order valence-corrected chi connectivity index (χ2v) is 1.79. The molecule has 1 aromatic rings. The minimum absolute atomic E-state index is 0. The van der Waals surface area contributed by atoms with Crippen LogP contribution >= 0.6 is 0 Å². The Morgan fingerprint density at radius 2 is 1.42 bits per heavy atom. The fourth-order valence-corrected chi connectivity index (χ4v) is 0.624. The van der Waals surface area contributed by atoms with Gasteiger partial charge in [0.15, 0.2) is 0 Å². The molecule has 0 aliphatic rings. The first kappa shape index (κ1) is 18.8. The second kappa shape index (κ2) is 10.1. The maximum atomic E-state index is 10.5. The van der Waals surface area contributed by atoms with Crippen LogP contribution in [-0.2, 0) is 0 Å². The van der Waals surface area contributed by atoms with Crippen LogP contribution in [0.4, 0.5) is 0 Å². The predicted molar refractivity (Wildman–Crippen MR) is 33.7 cm³/mol. The number of benzene rings is 1. The van der Waals surface area contributed by atoms with Gasteiger partial charge in [-0.2, -0.15) is 0 Å². The number of amides is 1. The summed E-state index contributed by atoms with van der Waals surface area (Å²) in [5, 5.41) is 0. The number of rotatable bonds is 1. The highest BCUT2D eigenvalue weighted by Crippen LogP contribution is 1.93. The molecular formula is C7H8I3NO-2. The summed E-state index contributed by atoms with van der Waals surface area (Å²) in [5.74, 6) is -0.129. The van der Waals surface area contributed by atoms with Gasteiger partial charge in [-0.15, -0.1) is 0 Å². The number of carbonyl (C=O) groups is 1. The molecule has 1 rings (SSSR count). The molecule has 0 spiro atoms. The molecule has 5 heteroatoms. The van der Waals surface area contributed by atoms with Crippen molar-refractivity contribution in [1.82, 2.24) is 0 Å². The molecule has 3 N–H and O–H groups in total. The molecule has 12 heavy (non-hydrogen) atoms. The zero-order valence-corrected chi connectivity index (χ0v) is 12.6. The van der Waals surface area contributed by atoms with Gasteiger partial charge in [-0.3, -0.25) is 5.73 Å². The average molecular weight is 503 g/mol. The van der Waals surface area contributed by atoms with E-state index in [0.29, 0.717) is 5.56 Å².